The van der Waals surface area contributed by atoms with Gasteiger partial charge in [-0.3, -0.25) is 9.80 Å². The van der Waals surface area contributed by atoms with Crippen molar-refractivity contribution in [2.24, 2.45) is 10.3 Å². The number of hydrogen-bond acceptors (Lipinski definition) is 5. The van der Waals surface area contributed by atoms with Gasteiger partial charge >= 0.3 is 0 Å². The minimum absolute atomic E-state index is 0.0828. The zero-order valence-corrected chi connectivity index (χ0v) is 12.4. The van der Waals surface area contributed by atoms with E-state index in [1.54, 1.807) is 0 Å². The van der Waals surface area contributed by atoms with Gasteiger partial charge in [-0.15, -0.1) is 0 Å². The molecule has 5 heteroatoms. The van der Waals surface area contributed by atoms with E-state index in [2.05, 4.69) is 17.3 Å². The Kier molecular flexibility index (Phi) is 4.06. The topological polar surface area (TPSA) is 57.6 Å². The Labute approximate surface area is 120 Å². The lowest BCUT2D eigenvalue weighted by atomic mass is 9.80. The molecule has 0 aromatic heterocycles. The number of carbonyl (C=O) groups is 1. The number of hydrogen-bond donors (Lipinski definition) is 0. The number of Topliss-reactive ketones (excluding diaryl/α,β-unsaturated/α-hetero) is 1. The number of epoxide rings is 1. The summed E-state index contributed by atoms with van der Waals surface area (Å²) in [6, 6.07) is -0.175. The number of rotatable bonds is 7. The predicted molar refractivity (Wildman–Crippen MR) is 75.4 cm³/mol. The van der Waals surface area contributed by atoms with Crippen LogP contribution in [0.2, 0.25) is 0 Å². The molecule has 0 amide bonds. The van der Waals surface area contributed by atoms with Gasteiger partial charge in [0, 0.05) is 13.0 Å². The molecule has 1 saturated heterocycles. The van der Waals surface area contributed by atoms with Gasteiger partial charge in [-0.2, -0.15) is 5.11 Å². The highest BCUT2D eigenvalue weighted by Gasteiger charge is 2.62. The summed E-state index contributed by atoms with van der Waals surface area (Å²) in [4.78, 5) is 11.9. The summed E-state index contributed by atoms with van der Waals surface area (Å²) in [6.45, 7) is 3.93. The number of carbonyl (C=O) groups excluding carboxylic acids is 1. The van der Waals surface area contributed by atoms with Crippen molar-refractivity contribution in [2.45, 2.75) is 76.0 Å². The number of ether oxygens (including phenoxy) is 1. The van der Waals surface area contributed by atoms with Gasteiger partial charge in [0.2, 0.25) is 0 Å². The summed E-state index contributed by atoms with van der Waals surface area (Å²) in [7, 11) is 0. The Bertz CT molecular complexity index is 393. The normalized spacial score (nSPS) is 34.9. The number of ketones is 1. The van der Waals surface area contributed by atoms with E-state index in [4.69, 9.17) is 4.74 Å². The molecule has 3 aliphatic rings. The van der Waals surface area contributed by atoms with Crippen molar-refractivity contribution in [3.05, 3.63) is 0 Å². The molecule has 1 saturated carbocycles. The molecule has 0 radical (unpaired) electrons. The monoisotopic (exact) mass is 279 g/mol. The molecule has 0 aromatic rings. The molecule has 112 valence electrons. The molecule has 3 unspecified atom stereocenters. The average Bonchev–Trinajstić information content (AvgIpc) is 3.09. The first-order chi connectivity index (χ1) is 9.77. The molecule has 3 atom stereocenters. The van der Waals surface area contributed by atoms with Gasteiger partial charge in [0.15, 0.2) is 11.8 Å². The molecule has 2 aliphatic heterocycles. The van der Waals surface area contributed by atoms with Gasteiger partial charge in [0.25, 0.3) is 0 Å². The third-order valence-electron chi connectivity index (χ3n) is 4.83. The first-order valence-corrected chi connectivity index (χ1v) is 8.11. The fourth-order valence-corrected chi connectivity index (χ4v) is 3.48. The summed E-state index contributed by atoms with van der Waals surface area (Å²) < 4.78 is 5.67. The smallest absolute Gasteiger partial charge is 0.161 e. The third kappa shape index (κ3) is 2.60. The molecule has 5 nitrogen and oxygen atoms in total. The second-order valence-corrected chi connectivity index (χ2v) is 6.35. The van der Waals surface area contributed by atoms with Crippen LogP contribution in [0, 0.1) is 0 Å². The molecule has 0 N–H and O–H groups in total. The van der Waals surface area contributed by atoms with Crippen LogP contribution >= 0.6 is 0 Å². The molecular weight excluding hydrogens is 254 g/mol. The molecule has 1 aliphatic carbocycles. The van der Waals surface area contributed by atoms with Crippen LogP contribution in [0.25, 0.3) is 0 Å². The molecule has 3 rings (SSSR count). The van der Waals surface area contributed by atoms with Crippen LogP contribution in [0.3, 0.4) is 0 Å². The molecule has 0 bridgehead atoms. The van der Waals surface area contributed by atoms with E-state index in [-0.39, 0.29) is 23.5 Å². The van der Waals surface area contributed by atoms with Crippen LogP contribution in [-0.4, -0.2) is 41.6 Å². The van der Waals surface area contributed by atoms with Crippen LogP contribution in [0.1, 0.15) is 58.3 Å². The highest BCUT2D eigenvalue weighted by Crippen LogP contribution is 2.46. The maximum atomic E-state index is 11.9. The minimum atomic E-state index is -0.258. The van der Waals surface area contributed by atoms with Crippen molar-refractivity contribution in [1.29, 1.82) is 0 Å². The van der Waals surface area contributed by atoms with Gasteiger partial charge < -0.3 is 4.74 Å². The molecule has 20 heavy (non-hydrogen) atoms. The van der Waals surface area contributed by atoms with Gasteiger partial charge in [-0.25, -0.2) is 0 Å². The highest BCUT2D eigenvalue weighted by molar-refractivity contribution is 5.86. The maximum Gasteiger partial charge on any atom is 0.161 e. The summed E-state index contributed by atoms with van der Waals surface area (Å²) in [5.41, 5.74) is -0.107. The van der Waals surface area contributed by atoms with Crippen molar-refractivity contribution in [1.82, 2.24) is 5.01 Å². The molecule has 2 fully saturated rings. The third-order valence-corrected chi connectivity index (χ3v) is 4.83. The lowest BCUT2D eigenvalue weighted by molar-refractivity contribution is -0.124. The van der Waals surface area contributed by atoms with E-state index in [0.717, 1.165) is 26.0 Å². The van der Waals surface area contributed by atoms with Crippen molar-refractivity contribution >= 4 is 5.78 Å². The van der Waals surface area contributed by atoms with Crippen LogP contribution in [0.4, 0.5) is 0 Å². The molecule has 0 aromatic carbocycles. The van der Waals surface area contributed by atoms with Crippen molar-refractivity contribution in [2.75, 3.05) is 13.2 Å². The maximum absolute atomic E-state index is 11.9. The van der Waals surface area contributed by atoms with Crippen LogP contribution in [0.5, 0.6) is 0 Å². The first-order valence-electron chi connectivity index (χ1n) is 8.11. The van der Waals surface area contributed by atoms with E-state index >= 15 is 0 Å². The van der Waals surface area contributed by atoms with E-state index in [1.165, 1.54) is 32.1 Å². The Morgan fingerprint density at radius 2 is 2.05 bits per heavy atom. The lowest BCUT2D eigenvalue weighted by Crippen LogP contribution is -2.53. The number of unbranched alkanes of at least 4 members (excludes halogenated alkanes) is 5. The fourth-order valence-electron chi connectivity index (χ4n) is 3.48. The van der Waals surface area contributed by atoms with Crippen LogP contribution < -0.4 is 0 Å². The SMILES string of the molecule is CCCCCCCCN1N=NC2C(=O)CCC3(CO3)C21. The van der Waals surface area contributed by atoms with Crippen molar-refractivity contribution in [3.8, 4) is 0 Å². The molecular formula is C15H25N3O2. The standard InChI is InChI=1S/C15H25N3O2/c1-2-3-4-5-6-7-10-18-14-13(16-17-18)12(19)8-9-15(14)11-20-15/h13-14H,2-11H2,1H3. The summed E-state index contributed by atoms with van der Waals surface area (Å²) in [6.07, 6.45) is 9.08. The first kappa shape index (κ1) is 14.0. The quantitative estimate of drug-likeness (QED) is 0.532. The van der Waals surface area contributed by atoms with Gasteiger partial charge in [-0.05, 0) is 12.8 Å². The highest BCUT2D eigenvalue weighted by atomic mass is 16.6. The van der Waals surface area contributed by atoms with Crippen LogP contribution in [-0.2, 0) is 9.53 Å². The van der Waals surface area contributed by atoms with E-state index in [9.17, 15) is 4.79 Å². The lowest BCUT2D eigenvalue weighted by Gasteiger charge is -2.33. The van der Waals surface area contributed by atoms with Crippen LogP contribution in [0.15, 0.2) is 10.3 Å². The zero-order chi connectivity index (χ0) is 14.0. The molecule has 2 heterocycles. The van der Waals surface area contributed by atoms with E-state index < -0.39 is 0 Å². The molecule has 1 spiro atoms. The van der Waals surface area contributed by atoms with E-state index in [1.807, 2.05) is 5.01 Å². The summed E-state index contributed by atoms with van der Waals surface area (Å²) in [5.74, 6) is 0.241. The Morgan fingerprint density at radius 3 is 2.80 bits per heavy atom. The largest absolute Gasteiger partial charge is 0.367 e. The average molecular weight is 279 g/mol. The predicted octanol–water partition coefficient (Wildman–Crippen LogP) is 2.90. The fraction of sp³-hybridized carbons (Fsp3) is 0.933. The Balaban J connectivity index is 1.48. The van der Waals surface area contributed by atoms with E-state index in [0.29, 0.717) is 6.42 Å². The summed E-state index contributed by atoms with van der Waals surface area (Å²) in [5, 5.41) is 10.5. The van der Waals surface area contributed by atoms with Gasteiger partial charge in [-0.1, -0.05) is 44.3 Å². The second-order valence-electron chi connectivity index (χ2n) is 6.35. The number of fused-ring (bicyclic) bond motifs is 2. The zero-order valence-electron chi connectivity index (χ0n) is 12.4. The van der Waals surface area contributed by atoms with Gasteiger partial charge in [0.1, 0.15) is 11.6 Å². The minimum Gasteiger partial charge on any atom is -0.367 e. The Morgan fingerprint density at radius 1 is 1.30 bits per heavy atom. The summed E-state index contributed by atoms with van der Waals surface area (Å²) >= 11 is 0. The number of nitrogens with zero attached hydrogens (tertiary/aromatic N) is 3. The Hall–Kier alpha value is -0.970. The van der Waals surface area contributed by atoms with Crippen molar-refractivity contribution in [3.63, 3.8) is 0 Å². The second kappa shape index (κ2) is 5.80. The van der Waals surface area contributed by atoms with Gasteiger partial charge in [0.05, 0.1) is 6.61 Å². The van der Waals surface area contributed by atoms with Crippen molar-refractivity contribution < 1.29 is 9.53 Å².